The number of nitrogens with two attached hydrogens (primary N) is 2. The highest BCUT2D eigenvalue weighted by Crippen LogP contribution is 2.32. The standard InChI is InChI=1S/C24H27N5O5/c25-15-5-7-16(8-6-15)27-22(30)21-20(26)18-10-9-17(28-24(33)34)11-19(18)29(21)12-13-1-3-14(4-2-13)23(31)32/h1-4,9-11,15-16,28H,5-8,12,25-26H2,(H,27,30)(H,31,32)(H,33,34)/t15-,16-. The molecule has 0 bridgehead atoms. The van der Waals surface area contributed by atoms with Crippen LogP contribution in [0.25, 0.3) is 10.9 Å². The summed E-state index contributed by atoms with van der Waals surface area (Å²) >= 11 is 0. The van der Waals surface area contributed by atoms with Gasteiger partial charge in [0.1, 0.15) is 5.69 Å². The number of carbonyl (C=O) groups is 3. The van der Waals surface area contributed by atoms with E-state index in [4.69, 9.17) is 21.7 Å². The molecule has 0 unspecified atom stereocenters. The molecule has 3 aromatic rings. The SMILES string of the molecule is Nc1c(C(=O)N[C@H]2CC[C@H](N)CC2)n(Cc2ccc(C(=O)O)cc2)c2cc(NC(=O)O)ccc12. The molecule has 34 heavy (non-hydrogen) atoms. The Morgan fingerprint density at radius 1 is 1.00 bits per heavy atom. The molecule has 1 aromatic heterocycles. The van der Waals surface area contributed by atoms with Crippen molar-refractivity contribution in [3.05, 3.63) is 59.3 Å². The summed E-state index contributed by atoms with van der Waals surface area (Å²) in [5, 5.41) is 24.3. The van der Waals surface area contributed by atoms with Gasteiger partial charge in [-0.3, -0.25) is 10.1 Å². The molecule has 1 aliphatic rings. The van der Waals surface area contributed by atoms with E-state index < -0.39 is 12.1 Å². The lowest BCUT2D eigenvalue weighted by Crippen LogP contribution is -2.41. The highest BCUT2D eigenvalue weighted by Gasteiger charge is 2.26. The van der Waals surface area contributed by atoms with Gasteiger partial charge in [0.25, 0.3) is 5.91 Å². The first-order chi connectivity index (χ1) is 16.2. The van der Waals surface area contributed by atoms with E-state index in [1.165, 1.54) is 12.1 Å². The highest BCUT2D eigenvalue weighted by molar-refractivity contribution is 6.09. The van der Waals surface area contributed by atoms with Crippen molar-refractivity contribution in [1.82, 2.24) is 9.88 Å². The molecule has 10 nitrogen and oxygen atoms in total. The summed E-state index contributed by atoms with van der Waals surface area (Å²) < 4.78 is 1.73. The fourth-order valence-electron chi connectivity index (χ4n) is 4.44. The molecule has 1 fully saturated rings. The average molecular weight is 466 g/mol. The Labute approximate surface area is 195 Å². The van der Waals surface area contributed by atoms with E-state index in [0.29, 0.717) is 22.3 Å². The lowest BCUT2D eigenvalue weighted by Gasteiger charge is -2.27. The molecule has 0 saturated heterocycles. The van der Waals surface area contributed by atoms with Crippen LogP contribution in [0.15, 0.2) is 42.5 Å². The van der Waals surface area contributed by atoms with Crippen molar-refractivity contribution in [2.75, 3.05) is 11.1 Å². The quantitative estimate of drug-likeness (QED) is 0.324. The number of hydrogen-bond acceptors (Lipinski definition) is 5. The number of nitrogens with zero attached hydrogens (tertiary/aromatic N) is 1. The number of rotatable bonds is 6. The number of carbonyl (C=O) groups excluding carboxylic acids is 1. The third-order valence-corrected chi connectivity index (χ3v) is 6.22. The Balaban J connectivity index is 1.74. The lowest BCUT2D eigenvalue weighted by atomic mass is 9.92. The van der Waals surface area contributed by atoms with Crippen LogP contribution < -0.4 is 22.1 Å². The van der Waals surface area contributed by atoms with E-state index in [1.807, 2.05) is 0 Å². The van der Waals surface area contributed by atoms with Crippen LogP contribution >= 0.6 is 0 Å². The third kappa shape index (κ3) is 4.81. The van der Waals surface area contributed by atoms with E-state index in [2.05, 4.69) is 10.6 Å². The molecule has 1 heterocycles. The van der Waals surface area contributed by atoms with Crippen LogP contribution in [0.3, 0.4) is 0 Å². The number of anilines is 2. The second-order valence-electron chi connectivity index (χ2n) is 8.60. The maximum Gasteiger partial charge on any atom is 0.409 e. The number of fused-ring (bicyclic) bond motifs is 1. The topological polar surface area (TPSA) is 173 Å². The summed E-state index contributed by atoms with van der Waals surface area (Å²) in [5.74, 6) is -1.34. The predicted molar refractivity (Wildman–Crippen MR) is 128 cm³/mol. The maximum atomic E-state index is 13.4. The number of amides is 2. The molecule has 2 aromatic carbocycles. The van der Waals surface area contributed by atoms with Gasteiger partial charge in [-0.2, -0.15) is 0 Å². The minimum absolute atomic E-state index is 0.00255. The molecule has 10 heteroatoms. The number of nitrogen functional groups attached to an aromatic ring is 1. The first-order valence-electron chi connectivity index (χ1n) is 11.0. The lowest BCUT2D eigenvalue weighted by molar-refractivity contribution is 0.0696. The normalized spacial score (nSPS) is 17.9. The van der Waals surface area contributed by atoms with Crippen molar-refractivity contribution in [2.45, 2.75) is 44.3 Å². The molecule has 1 aliphatic carbocycles. The van der Waals surface area contributed by atoms with Crippen LogP contribution in [0.1, 0.15) is 52.1 Å². The van der Waals surface area contributed by atoms with Crippen molar-refractivity contribution in [2.24, 2.45) is 5.73 Å². The number of hydrogen-bond donors (Lipinski definition) is 6. The van der Waals surface area contributed by atoms with Crippen molar-refractivity contribution < 1.29 is 24.6 Å². The Bertz CT molecular complexity index is 1240. The van der Waals surface area contributed by atoms with Gasteiger partial charge in [0.2, 0.25) is 0 Å². The van der Waals surface area contributed by atoms with E-state index in [1.54, 1.807) is 34.9 Å². The number of carboxylic acid groups (broad SMARTS) is 2. The second kappa shape index (κ2) is 9.44. The summed E-state index contributed by atoms with van der Waals surface area (Å²) in [6.07, 6.45) is 2.04. The maximum absolute atomic E-state index is 13.4. The first-order valence-corrected chi connectivity index (χ1v) is 11.0. The van der Waals surface area contributed by atoms with Crippen LogP contribution in [0.2, 0.25) is 0 Å². The number of aromatic nitrogens is 1. The van der Waals surface area contributed by atoms with Gasteiger partial charge in [-0.05, 0) is 61.6 Å². The Morgan fingerprint density at radius 3 is 2.29 bits per heavy atom. The Kier molecular flexibility index (Phi) is 6.42. The second-order valence-corrected chi connectivity index (χ2v) is 8.60. The molecule has 2 amide bonds. The van der Waals surface area contributed by atoms with E-state index in [-0.39, 0.29) is 35.8 Å². The van der Waals surface area contributed by atoms with Crippen LogP contribution in [0.5, 0.6) is 0 Å². The molecule has 0 atom stereocenters. The monoisotopic (exact) mass is 465 g/mol. The van der Waals surface area contributed by atoms with Gasteiger partial charge < -0.3 is 31.6 Å². The van der Waals surface area contributed by atoms with Gasteiger partial charge in [-0.15, -0.1) is 0 Å². The molecule has 0 radical (unpaired) electrons. The highest BCUT2D eigenvalue weighted by atomic mass is 16.4. The summed E-state index contributed by atoms with van der Waals surface area (Å²) in [5.41, 5.74) is 14.8. The zero-order valence-electron chi connectivity index (χ0n) is 18.5. The van der Waals surface area contributed by atoms with Crippen molar-refractivity contribution >= 4 is 40.2 Å². The fourth-order valence-corrected chi connectivity index (χ4v) is 4.44. The third-order valence-electron chi connectivity index (χ3n) is 6.22. The smallest absolute Gasteiger partial charge is 0.409 e. The zero-order valence-corrected chi connectivity index (χ0v) is 18.5. The minimum Gasteiger partial charge on any atom is -0.478 e. The predicted octanol–water partition coefficient (Wildman–Crippen LogP) is 3.06. The van der Waals surface area contributed by atoms with Gasteiger partial charge in [-0.25, -0.2) is 9.59 Å². The summed E-state index contributed by atoms with van der Waals surface area (Å²) in [6.45, 7) is 0.239. The van der Waals surface area contributed by atoms with Gasteiger partial charge in [0.15, 0.2) is 0 Å². The van der Waals surface area contributed by atoms with Crippen LogP contribution in [-0.4, -0.2) is 44.8 Å². The van der Waals surface area contributed by atoms with E-state index in [9.17, 15) is 14.4 Å². The summed E-state index contributed by atoms with van der Waals surface area (Å²) in [6, 6.07) is 11.4. The molecule has 0 aliphatic heterocycles. The number of benzene rings is 2. The number of nitrogens with one attached hydrogen (secondary N) is 2. The summed E-state index contributed by atoms with van der Waals surface area (Å²) in [4.78, 5) is 35.7. The largest absolute Gasteiger partial charge is 0.478 e. The molecular formula is C24H27N5O5. The minimum atomic E-state index is -1.21. The molecule has 0 spiro atoms. The molecular weight excluding hydrogens is 438 g/mol. The van der Waals surface area contributed by atoms with Gasteiger partial charge >= 0.3 is 12.1 Å². The average Bonchev–Trinajstić information content (AvgIpc) is 3.06. The van der Waals surface area contributed by atoms with Crippen molar-refractivity contribution in [3.63, 3.8) is 0 Å². The van der Waals surface area contributed by atoms with Gasteiger partial charge in [-0.1, -0.05) is 12.1 Å². The van der Waals surface area contributed by atoms with Gasteiger partial charge in [0.05, 0.1) is 16.8 Å². The van der Waals surface area contributed by atoms with Gasteiger partial charge in [0, 0.05) is 29.7 Å². The molecule has 4 rings (SSSR count). The number of carboxylic acids is 1. The van der Waals surface area contributed by atoms with Crippen LogP contribution in [0.4, 0.5) is 16.2 Å². The number of aromatic carboxylic acids is 1. The Morgan fingerprint density at radius 2 is 1.68 bits per heavy atom. The van der Waals surface area contributed by atoms with Crippen LogP contribution in [0, 0.1) is 0 Å². The Hall–Kier alpha value is -4.05. The van der Waals surface area contributed by atoms with Crippen molar-refractivity contribution in [3.8, 4) is 0 Å². The fraction of sp³-hybridized carbons (Fsp3) is 0.292. The molecule has 1 saturated carbocycles. The summed E-state index contributed by atoms with van der Waals surface area (Å²) in [7, 11) is 0. The molecule has 8 N–H and O–H groups in total. The van der Waals surface area contributed by atoms with E-state index >= 15 is 0 Å². The molecule has 178 valence electrons. The van der Waals surface area contributed by atoms with E-state index in [0.717, 1.165) is 31.2 Å². The zero-order chi connectivity index (χ0) is 24.4. The van der Waals surface area contributed by atoms with Crippen molar-refractivity contribution in [1.29, 1.82) is 0 Å². The van der Waals surface area contributed by atoms with Crippen LogP contribution in [-0.2, 0) is 6.54 Å². The first kappa shape index (κ1) is 23.1.